The minimum absolute atomic E-state index is 0.502. The highest BCUT2D eigenvalue weighted by molar-refractivity contribution is 7.19. The van der Waals surface area contributed by atoms with E-state index in [1.165, 1.54) is 11.3 Å². The van der Waals surface area contributed by atoms with Gasteiger partial charge in [0.1, 0.15) is 0 Å². The lowest BCUT2D eigenvalue weighted by Gasteiger charge is -1.91. The lowest BCUT2D eigenvalue weighted by molar-refractivity contribution is 1.19. The van der Waals surface area contributed by atoms with Gasteiger partial charge in [-0.2, -0.15) is 0 Å². The van der Waals surface area contributed by atoms with E-state index in [4.69, 9.17) is 17.3 Å². The van der Waals surface area contributed by atoms with E-state index in [1.54, 1.807) is 24.3 Å². The largest absolute Gasteiger partial charge is 0.375 e. The van der Waals surface area contributed by atoms with Crippen LogP contribution in [0.5, 0.6) is 0 Å². The van der Waals surface area contributed by atoms with E-state index >= 15 is 0 Å². The Bertz CT molecular complexity index is 518. The fraction of sp³-hybridized carbons (Fsp3) is 0.100. The Balaban J connectivity index is 2.21. The molecule has 82 valence electrons. The average Bonchev–Trinajstić information content (AvgIpc) is 2.57. The molecule has 0 spiro atoms. The molecule has 2 aromatic rings. The molecule has 0 atom stereocenters. The molecular formula is C10H9ClN4S. The van der Waals surface area contributed by atoms with Gasteiger partial charge in [-0.3, -0.25) is 0 Å². The summed E-state index contributed by atoms with van der Waals surface area (Å²) in [6, 6.07) is 7.13. The van der Waals surface area contributed by atoms with Gasteiger partial charge < -0.3 is 5.73 Å². The third-order valence-corrected chi connectivity index (χ3v) is 2.99. The Hall–Kier alpha value is -1.46. The highest BCUT2D eigenvalue weighted by Crippen LogP contribution is 2.30. The molecule has 0 radical (unpaired) electrons. The molecule has 0 amide bonds. The fourth-order valence-electron chi connectivity index (χ4n) is 1.11. The third-order valence-electron chi connectivity index (χ3n) is 1.87. The molecule has 16 heavy (non-hydrogen) atoms. The van der Waals surface area contributed by atoms with Crippen molar-refractivity contribution < 1.29 is 0 Å². The van der Waals surface area contributed by atoms with E-state index in [-0.39, 0.29) is 0 Å². The molecule has 0 saturated carbocycles. The predicted molar refractivity (Wildman–Crippen MR) is 66.9 cm³/mol. The van der Waals surface area contributed by atoms with Gasteiger partial charge in [-0.25, -0.2) is 4.98 Å². The van der Waals surface area contributed by atoms with Gasteiger partial charge in [0.25, 0.3) is 0 Å². The Kier molecular flexibility index (Phi) is 3.17. The summed E-state index contributed by atoms with van der Waals surface area (Å²) in [4.78, 5) is 4.06. The number of nitrogens with two attached hydrogens (primary N) is 1. The van der Waals surface area contributed by atoms with Crippen molar-refractivity contribution in [3.63, 3.8) is 0 Å². The Morgan fingerprint density at radius 1 is 1.25 bits per heavy atom. The summed E-state index contributed by atoms with van der Waals surface area (Å²) < 4.78 is 0. The zero-order valence-corrected chi connectivity index (χ0v) is 10.1. The van der Waals surface area contributed by atoms with Crippen LogP contribution in [0.25, 0.3) is 0 Å². The summed E-state index contributed by atoms with van der Waals surface area (Å²) in [5.74, 6) is 0. The number of rotatable bonds is 2. The lowest BCUT2D eigenvalue weighted by Crippen LogP contribution is -1.80. The maximum atomic E-state index is 5.76. The first-order chi connectivity index (χ1) is 7.65. The molecule has 0 saturated heterocycles. The minimum Gasteiger partial charge on any atom is -0.375 e. The van der Waals surface area contributed by atoms with E-state index in [0.717, 1.165) is 16.4 Å². The molecule has 0 unspecified atom stereocenters. The zero-order valence-electron chi connectivity index (χ0n) is 8.51. The number of hydrogen-bond acceptors (Lipinski definition) is 5. The minimum atomic E-state index is 0.502. The SMILES string of the molecule is Cc1nc(N)sc1N=Nc1ccc(Cl)cc1. The van der Waals surface area contributed by atoms with E-state index in [2.05, 4.69) is 15.2 Å². The quantitative estimate of drug-likeness (QED) is 0.818. The van der Waals surface area contributed by atoms with Crippen LogP contribution in [0.1, 0.15) is 5.69 Å². The monoisotopic (exact) mass is 252 g/mol. The molecule has 1 aromatic carbocycles. The molecule has 0 aliphatic rings. The van der Waals surface area contributed by atoms with Gasteiger partial charge >= 0.3 is 0 Å². The lowest BCUT2D eigenvalue weighted by atomic mass is 10.3. The molecule has 0 aliphatic carbocycles. The number of thiazole rings is 1. The maximum Gasteiger partial charge on any atom is 0.182 e. The number of nitrogens with zero attached hydrogens (tertiary/aromatic N) is 3. The number of aryl methyl sites for hydroxylation is 1. The molecule has 4 nitrogen and oxygen atoms in total. The van der Waals surface area contributed by atoms with Crippen molar-refractivity contribution >= 4 is 38.8 Å². The van der Waals surface area contributed by atoms with Crippen LogP contribution in [0, 0.1) is 6.92 Å². The van der Waals surface area contributed by atoms with Crippen LogP contribution in [-0.4, -0.2) is 4.98 Å². The molecule has 2 N–H and O–H groups in total. The van der Waals surface area contributed by atoms with Gasteiger partial charge in [-0.15, -0.1) is 10.2 Å². The molecular weight excluding hydrogens is 244 g/mol. The predicted octanol–water partition coefficient (Wildman–Crippen LogP) is 4.10. The van der Waals surface area contributed by atoms with Crippen molar-refractivity contribution in [1.29, 1.82) is 0 Å². The van der Waals surface area contributed by atoms with Crippen molar-refractivity contribution in [2.75, 3.05) is 5.73 Å². The van der Waals surface area contributed by atoms with Crippen LogP contribution in [0.3, 0.4) is 0 Å². The van der Waals surface area contributed by atoms with E-state index in [1.807, 2.05) is 6.92 Å². The van der Waals surface area contributed by atoms with Crippen LogP contribution in [0.2, 0.25) is 5.02 Å². The topological polar surface area (TPSA) is 63.6 Å². The average molecular weight is 253 g/mol. The second-order valence-corrected chi connectivity index (χ2v) is 4.56. The van der Waals surface area contributed by atoms with E-state index < -0.39 is 0 Å². The van der Waals surface area contributed by atoms with Crippen molar-refractivity contribution in [3.05, 3.63) is 35.0 Å². The second-order valence-electron chi connectivity index (χ2n) is 3.12. The number of anilines is 1. The molecule has 6 heteroatoms. The summed E-state index contributed by atoms with van der Waals surface area (Å²) in [5.41, 5.74) is 7.09. The highest BCUT2D eigenvalue weighted by atomic mass is 35.5. The number of nitrogen functional groups attached to an aromatic ring is 1. The number of benzene rings is 1. The van der Waals surface area contributed by atoms with Gasteiger partial charge in [-0.05, 0) is 31.2 Å². The number of hydrogen-bond donors (Lipinski definition) is 1. The Morgan fingerprint density at radius 3 is 2.50 bits per heavy atom. The van der Waals surface area contributed by atoms with Gasteiger partial charge in [0, 0.05) is 5.02 Å². The van der Waals surface area contributed by atoms with E-state index in [9.17, 15) is 0 Å². The van der Waals surface area contributed by atoms with Crippen molar-refractivity contribution in [2.45, 2.75) is 6.92 Å². The van der Waals surface area contributed by atoms with Crippen LogP contribution in [-0.2, 0) is 0 Å². The normalized spacial score (nSPS) is 11.1. The zero-order chi connectivity index (χ0) is 11.5. The van der Waals surface area contributed by atoms with E-state index in [0.29, 0.717) is 10.2 Å². The van der Waals surface area contributed by atoms with Crippen LogP contribution < -0.4 is 5.73 Å². The molecule has 1 aromatic heterocycles. The van der Waals surface area contributed by atoms with Crippen molar-refractivity contribution in [2.24, 2.45) is 10.2 Å². The highest BCUT2D eigenvalue weighted by Gasteiger charge is 2.03. The Morgan fingerprint density at radius 2 is 1.94 bits per heavy atom. The summed E-state index contributed by atoms with van der Waals surface area (Å²) in [6.45, 7) is 1.85. The van der Waals surface area contributed by atoms with Gasteiger partial charge in [-0.1, -0.05) is 22.9 Å². The molecule has 0 bridgehead atoms. The second kappa shape index (κ2) is 4.59. The van der Waals surface area contributed by atoms with Gasteiger partial charge in [0.05, 0.1) is 11.4 Å². The first-order valence-corrected chi connectivity index (χ1v) is 5.75. The smallest absolute Gasteiger partial charge is 0.182 e. The van der Waals surface area contributed by atoms with Crippen molar-refractivity contribution in [1.82, 2.24) is 4.98 Å². The molecule has 0 fully saturated rings. The molecule has 1 heterocycles. The first kappa shape index (κ1) is 11.0. The maximum absolute atomic E-state index is 5.76. The molecule has 2 rings (SSSR count). The number of halogens is 1. The number of aromatic nitrogens is 1. The standard InChI is InChI=1S/C10H9ClN4S/c1-6-9(16-10(12)13-6)15-14-8-4-2-7(11)3-5-8/h2-5H,1H3,(H2,12,13). The third kappa shape index (κ3) is 2.56. The van der Waals surface area contributed by atoms with Crippen LogP contribution >= 0.6 is 22.9 Å². The first-order valence-electron chi connectivity index (χ1n) is 4.55. The van der Waals surface area contributed by atoms with Gasteiger partial charge in [0.2, 0.25) is 0 Å². The summed E-state index contributed by atoms with van der Waals surface area (Å²) >= 11 is 7.08. The van der Waals surface area contributed by atoms with Crippen molar-refractivity contribution in [3.8, 4) is 0 Å². The summed E-state index contributed by atoms with van der Waals surface area (Å²) in [5, 5.41) is 10.1. The van der Waals surface area contributed by atoms with Crippen LogP contribution in [0.15, 0.2) is 34.5 Å². The van der Waals surface area contributed by atoms with Gasteiger partial charge in [0.15, 0.2) is 10.1 Å². The summed E-state index contributed by atoms with van der Waals surface area (Å²) in [7, 11) is 0. The fourth-order valence-corrected chi connectivity index (χ4v) is 1.89. The Labute approximate surface area is 102 Å². The molecule has 0 aliphatic heterocycles. The van der Waals surface area contributed by atoms with Crippen LogP contribution in [0.4, 0.5) is 15.8 Å². The number of azo groups is 1. The summed E-state index contributed by atoms with van der Waals surface area (Å²) in [6.07, 6.45) is 0.